The smallest absolute Gasteiger partial charge is 0.214 e. The molecule has 0 amide bonds. The molecule has 0 spiro atoms. The van der Waals surface area contributed by atoms with Crippen molar-refractivity contribution in [2.45, 2.75) is 19.3 Å². The van der Waals surface area contributed by atoms with Gasteiger partial charge in [-0.1, -0.05) is 35.0 Å². The molecule has 73 valence electrons. The molecular weight excluding hydrogens is 244 g/mol. The number of hydrogen-bond acceptors (Lipinski definition) is 2. The van der Waals surface area contributed by atoms with Crippen LogP contribution in [0.2, 0.25) is 0 Å². The maximum absolute atomic E-state index is 11.4. The van der Waals surface area contributed by atoms with Crippen LogP contribution < -0.4 is 0 Å². The molecule has 0 heterocycles. The van der Waals surface area contributed by atoms with E-state index in [2.05, 4.69) is 15.9 Å². The predicted octanol–water partition coefficient (Wildman–Crippen LogP) is 2.62. The number of carbonyl (C=O) groups is 1. The zero-order chi connectivity index (χ0) is 10.6. The van der Waals surface area contributed by atoms with Gasteiger partial charge in [0.2, 0.25) is 6.29 Å². The van der Waals surface area contributed by atoms with Crippen LogP contribution in [0.1, 0.15) is 24.8 Å². The average Bonchev–Trinajstić information content (AvgIpc) is 2.21. The lowest BCUT2D eigenvalue weighted by Gasteiger charge is -2.06. The van der Waals surface area contributed by atoms with Crippen molar-refractivity contribution in [1.82, 2.24) is 0 Å². The molecule has 0 bridgehead atoms. The molecule has 0 saturated carbocycles. The first-order valence-corrected chi connectivity index (χ1v) is 5.14. The summed E-state index contributed by atoms with van der Waals surface area (Å²) >= 11 is 3.29. The van der Waals surface area contributed by atoms with E-state index in [-0.39, 0.29) is 5.78 Å². The Kier molecular flexibility index (Phi) is 4.01. The number of hydrogen-bond donors (Lipinski definition) is 0. The van der Waals surface area contributed by atoms with Crippen molar-refractivity contribution in [3.8, 4) is 0 Å². The molecule has 1 atom stereocenters. The van der Waals surface area contributed by atoms with Gasteiger partial charge in [-0.05, 0) is 17.7 Å². The van der Waals surface area contributed by atoms with Crippen molar-refractivity contribution in [3.05, 3.63) is 34.3 Å². The van der Waals surface area contributed by atoms with Crippen LogP contribution in [0.4, 0.5) is 0 Å². The summed E-state index contributed by atoms with van der Waals surface area (Å²) in [6.45, 7) is 1.74. The van der Waals surface area contributed by atoms with Crippen LogP contribution in [-0.2, 0) is 9.59 Å². The van der Waals surface area contributed by atoms with Gasteiger partial charge in [0.05, 0.1) is 0 Å². The van der Waals surface area contributed by atoms with E-state index in [1.165, 1.54) is 0 Å². The number of rotatable bonds is 4. The molecule has 0 N–H and O–H groups in total. The highest BCUT2D eigenvalue weighted by atomic mass is 79.9. The maximum Gasteiger partial charge on any atom is 0.214 e. The van der Waals surface area contributed by atoms with Crippen LogP contribution in [0.15, 0.2) is 28.7 Å². The third kappa shape index (κ3) is 2.51. The highest BCUT2D eigenvalue weighted by Gasteiger charge is 2.18. The number of ketones is 1. The largest absolute Gasteiger partial charge is 0.299 e. The second-order valence-corrected chi connectivity index (χ2v) is 3.84. The molecule has 0 aliphatic heterocycles. The van der Waals surface area contributed by atoms with Gasteiger partial charge >= 0.3 is 0 Å². The minimum Gasteiger partial charge on any atom is -0.299 e. The minimum absolute atomic E-state index is 0.0951. The Morgan fingerprint density at radius 3 is 2.43 bits per heavy atom. The van der Waals surface area contributed by atoms with Crippen LogP contribution >= 0.6 is 15.9 Å². The summed E-state index contributed by atoms with van der Waals surface area (Å²) in [5, 5.41) is 0. The summed E-state index contributed by atoms with van der Waals surface area (Å²) in [6.07, 6.45) is 2.13. The van der Waals surface area contributed by atoms with Gasteiger partial charge in [-0.25, -0.2) is 0 Å². The zero-order valence-corrected chi connectivity index (χ0v) is 9.37. The van der Waals surface area contributed by atoms with Gasteiger partial charge in [-0.3, -0.25) is 9.59 Å². The van der Waals surface area contributed by atoms with Crippen molar-refractivity contribution in [2.24, 2.45) is 0 Å². The zero-order valence-electron chi connectivity index (χ0n) is 7.79. The summed E-state index contributed by atoms with van der Waals surface area (Å²) in [4.78, 5) is 22.0. The molecule has 0 saturated heterocycles. The molecule has 0 fully saturated rings. The van der Waals surface area contributed by atoms with Crippen molar-refractivity contribution >= 4 is 28.0 Å². The highest BCUT2D eigenvalue weighted by molar-refractivity contribution is 9.10. The van der Waals surface area contributed by atoms with Crippen molar-refractivity contribution in [2.75, 3.05) is 0 Å². The third-order valence-electron chi connectivity index (χ3n) is 1.99. The predicted molar refractivity (Wildman–Crippen MR) is 57.9 cm³/mol. The molecule has 14 heavy (non-hydrogen) atoms. The third-order valence-corrected chi connectivity index (χ3v) is 2.52. The van der Waals surface area contributed by atoms with Gasteiger partial charge in [0.1, 0.15) is 11.7 Å². The SMILES string of the molecule is CCC(=O)C([C]=O)c1ccc(Br)cc1. The summed E-state index contributed by atoms with van der Waals surface area (Å²) in [5.74, 6) is -0.824. The van der Waals surface area contributed by atoms with Gasteiger partial charge in [-0.15, -0.1) is 0 Å². The van der Waals surface area contributed by atoms with Gasteiger partial charge in [0.15, 0.2) is 0 Å². The Hall–Kier alpha value is -0.960. The number of halogens is 1. The second kappa shape index (κ2) is 5.05. The van der Waals surface area contributed by atoms with Crippen LogP contribution in [-0.4, -0.2) is 12.1 Å². The fraction of sp³-hybridized carbons (Fsp3) is 0.273. The fourth-order valence-corrected chi connectivity index (χ4v) is 1.44. The Labute approximate surface area is 91.4 Å². The molecule has 1 rings (SSSR count). The molecule has 3 heteroatoms. The molecule has 0 aliphatic carbocycles. The van der Waals surface area contributed by atoms with E-state index in [1.54, 1.807) is 25.3 Å². The Balaban J connectivity index is 2.95. The molecule has 1 radical (unpaired) electrons. The van der Waals surface area contributed by atoms with Gasteiger partial charge in [0.25, 0.3) is 0 Å². The standard InChI is InChI=1S/C11H10BrO2/c1-2-11(14)10(7-13)8-3-5-9(12)6-4-8/h3-6,10H,2H2,1H3. The first-order valence-electron chi connectivity index (χ1n) is 4.35. The Morgan fingerprint density at radius 2 is 2.00 bits per heavy atom. The lowest BCUT2D eigenvalue weighted by Crippen LogP contribution is -2.12. The highest BCUT2D eigenvalue weighted by Crippen LogP contribution is 2.19. The average molecular weight is 254 g/mol. The van der Waals surface area contributed by atoms with E-state index in [9.17, 15) is 9.59 Å². The molecule has 0 aromatic heterocycles. The van der Waals surface area contributed by atoms with Crippen LogP contribution in [0.5, 0.6) is 0 Å². The monoisotopic (exact) mass is 253 g/mol. The van der Waals surface area contributed by atoms with E-state index in [4.69, 9.17) is 0 Å². The van der Waals surface area contributed by atoms with Crippen LogP contribution in [0, 0.1) is 0 Å². The van der Waals surface area contributed by atoms with Gasteiger partial charge in [0, 0.05) is 10.9 Å². The molecular formula is C11H10BrO2. The maximum atomic E-state index is 11.4. The van der Waals surface area contributed by atoms with E-state index in [0.29, 0.717) is 12.0 Å². The van der Waals surface area contributed by atoms with Crippen LogP contribution in [0.25, 0.3) is 0 Å². The number of Topliss-reactive ketones (excluding diaryl/α,β-unsaturated/α-hetero) is 1. The van der Waals surface area contributed by atoms with Crippen molar-refractivity contribution in [1.29, 1.82) is 0 Å². The van der Waals surface area contributed by atoms with Gasteiger partial charge in [-0.2, -0.15) is 0 Å². The first kappa shape index (κ1) is 11.1. The molecule has 1 aromatic carbocycles. The second-order valence-electron chi connectivity index (χ2n) is 2.92. The lowest BCUT2D eigenvalue weighted by molar-refractivity contribution is -0.118. The topological polar surface area (TPSA) is 34.1 Å². The Bertz CT molecular complexity index is 330. The van der Waals surface area contributed by atoms with Crippen LogP contribution in [0.3, 0.4) is 0 Å². The number of benzene rings is 1. The quantitative estimate of drug-likeness (QED) is 0.774. The molecule has 1 unspecified atom stereocenters. The van der Waals surface area contributed by atoms with Crippen molar-refractivity contribution < 1.29 is 9.59 Å². The summed E-state index contributed by atoms with van der Waals surface area (Å²) in [6, 6.07) is 7.13. The Morgan fingerprint density at radius 1 is 1.43 bits per heavy atom. The first-order chi connectivity index (χ1) is 6.69. The normalized spacial score (nSPS) is 12.1. The lowest BCUT2D eigenvalue weighted by atomic mass is 9.95. The number of carbonyl (C=O) groups excluding carboxylic acids is 2. The van der Waals surface area contributed by atoms with E-state index in [0.717, 1.165) is 4.47 Å². The summed E-state index contributed by atoms with van der Waals surface area (Å²) < 4.78 is 0.926. The molecule has 0 aliphatic rings. The molecule has 2 nitrogen and oxygen atoms in total. The summed E-state index contributed by atoms with van der Waals surface area (Å²) in [7, 11) is 0. The van der Waals surface area contributed by atoms with Gasteiger partial charge < -0.3 is 0 Å². The molecule has 1 aromatic rings. The minimum atomic E-state index is -0.729. The summed E-state index contributed by atoms with van der Waals surface area (Å²) in [5.41, 5.74) is 0.704. The van der Waals surface area contributed by atoms with Crippen molar-refractivity contribution in [3.63, 3.8) is 0 Å². The van der Waals surface area contributed by atoms with E-state index < -0.39 is 5.92 Å². The van der Waals surface area contributed by atoms with E-state index in [1.807, 2.05) is 12.1 Å². The van der Waals surface area contributed by atoms with E-state index >= 15 is 0 Å². The fourth-order valence-electron chi connectivity index (χ4n) is 1.18.